The van der Waals surface area contributed by atoms with Crippen molar-refractivity contribution in [2.75, 3.05) is 26.7 Å². The number of nitrogens with one attached hydrogen (secondary N) is 2. The van der Waals surface area contributed by atoms with Gasteiger partial charge in [-0.05, 0) is 56.3 Å². The van der Waals surface area contributed by atoms with Gasteiger partial charge < -0.3 is 15.0 Å². The highest BCUT2D eigenvalue weighted by Crippen LogP contribution is 2.22. The van der Waals surface area contributed by atoms with Crippen molar-refractivity contribution in [2.45, 2.75) is 45.8 Å². The molecule has 1 aromatic carbocycles. The summed E-state index contributed by atoms with van der Waals surface area (Å²) in [6, 6.07) is 7.97. The van der Waals surface area contributed by atoms with Crippen molar-refractivity contribution in [2.24, 2.45) is 0 Å². The molecule has 1 fully saturated rings. The molecule has 1 saturated heterocycles. The van der Waals surface area contributed by atoms with E-state index in [9.17, 15) is 13.2 Å². The zero-order valence-corrected chi connectivity index (χ0v) is 18.3. The van der Waals surface area contributed by atoms with E-state index in [1.807, 2.05) is 45.0 Å². The van der Waals surface area contributed by atoms with E-state index in [0.717, 1.165) is 28.6 Å². The van der Waals surface area contributed by atoms with E-state index < -0.39 is 21.9 Å². The van der Waals surface area contributed by atoms with Gasteiger partial charge in [-0.3, -0.25) is 0 Å². The summed E-state index contributed by atoms with van der Waals surface area (Å²) in [6.07, 6.45) is 1.05. The van der Waals surface area contributed by atoms with E-state index in [1.54, 1.807) is 7.05 Å². The predicted molar refractivity (Wildman–Crippen MR) is 113 cm³/mol. The average Bonchev–Trinajstić information content (AvgIpc) is 2.99. The van der Waals surface area contributed by atoms with Gasteiger partial charge in [-0.25, -0.2) is 4.79 Å². The number of H-pyrrole nitrogens is 1. The van der Waals surface area contributed by atoms with Gasteiger partial charge in [0.05, 0.1) is 0 Å². The van der Waals surface area contributed by atoms with Crippen molar-refractivity contribution in [3.8, 4) is 0 Å². The molecule has 0 unspecified atom stereocenters. The highest BCUT2D eigenvalue weighted by Gasteiger charge is 2.30. The van der Waals surface area contributed by atoms with Crippen LogP contribution in [0, 0.1) is 0 Å². The van der Waals surface area contributed by atoms with Crippen molar-refractivity contribution in [1.29, 1.82) is 0 Å². The summed E-state index contributed by atoms with van der Waals surface area (Å²) >= 11 is 0. The van der Waals surface area contributed by atoms with Crippen molar-refractivity contribution in [3.63, 3.8) is 0 Å². The fourth-order valence-electron chi connectivity index (χ4n) is 3.35. The molecule has 2 N–H and O–H groups in total. The second kappa shape index (κ2) is 8.33. The molecule has 1 aliphatic rings. The van der Waals surface area contributed by atoms with E-state index in [0.29, 0.717) is 32.6 Å². The van der Waals surface area contributed by atoms with E-state index in [4.69, 9.17) is 4.74 Å². The number of fused-ring (bicyclic) bond motifs is 1. The van der Waals surface area contributed by atoms with Crippen LogP contribution in [0.5, 0.6) is 0 Å². The fraction of sp³-hybridized carbons (Fsp3) is 0.550. The number of amides is 1. The van der Waals surface area contributed by atoms with Gasteiger partial charge in [0.1, 0.15) is 5.60 Å². The van der Waals surface area contributed by atoms with Crippen LogP contribution < -0.4 is 5.32 Å². The van der Waals surface area contributed by atoms with Gasteiger partial charge in [0.2, 0.25) is 0 Å². The third kappa shape index (κ3) is 5.49. The maximum atomic E-state index is 12.4. The first-order valence-electron chi connectivity index (χ1n) is 9.83. The molecule has 1 aromatic heterocycles. The molecule has 8 nitrogen and oxygen atoms in total. The summed E-state index contributed by atoms with van der Waals surface area (Å²) in [6.45, 7) is 7.42. The van der Waals surface area contributed by atoms with Crippen LogP contribution in [0.3, 0.4) is 0 Å². The number of carbonyl (C=O) groups excluding carboxylic acids is 1. The molecule has 160 valence electrons. The molecule has 0 radical (unpaired) electrons. The Labute approximate surface area is 172 Å². The van der Waals surface area contributed by atoms with Gasteiger partial charge in [0, 0.05) is 50.9 Å². The zero-order chi connectivity index (χ0) is 21.2. The van der Waals surface area contributed by atoms with Crippen LogP contribution in [0.2, 0.25) is 0 Å². The first-order chi connectivity index (χ1) is 13.5. The number of benzene rings is 1. The van der Waals surface area contributed by atoms with Gasteiger partial charge in [-0.2, -0.15) is 17.0 Å². The minimum atomic E-state index is -3.38. The molecule has 29 heavy (non-hydrogen) atoms. The van der Waals surface area contributed by atoms with Crippen LogP contribution in [-0.4, -0.2) is 60.4 Å². The molecule has 2 heterocycles. The Hall–Kier alpha value is -2.10. The number of hydrogen-bond acceptors (Lipinski definition) is 4. The van der Waals surface area contributed by atoms with Crippen LogP contribution in [0.1, 0.15) is 38.4 Å². The Morgan fingerprint density at radius 1 is 1.24 bits per heavy atom. The molecule has 3 rings (SSSR count). The van der Waals surface area contributed by atoms with Crippen LogP contribution in [0.25, 0.3) is 10.9 Å². The minimum Gasteiger partial charge on any atom is -0.444 e. The van der Waals surface area contributed by atoms with Crippen molar-refractivity contribution in [3.05, 3.63) is 35.5 Å². The van der Waals surface area contributed by atoms with Gasteiger partial charge in [0.15, 0.2) is 0 Å². The lowest BCUT2D eigenvalue weighted by Gasteiger charge is -2.32. The molecule has 0 atom stereocenters. The van der Waals surface area contributed by atoms with Crippen molar-refractivity contribution in [1.82, 2.24) is 18.9 Å². The van der Waals surface area contributed by atoms with Gasteiger partial charge in [0.25, 0.3) is 10.2 Å². The smallest absolute Gasteiger partial charge is 0.407 e. The Morgan fingerprint density at radius 2 is 2.00 bits per heavy atom. The number of hydrogen-bond donors (Lipinski definition) is 2. The molecule has 1 amide bonds. The normalized spacial score (nSPS) is 18.1. The number of alkyl carbamates (subject to hydrolysis) is 1. The predicted octanol–water partition coefficient (Wildman–Crippen LogP) is 2.62. The lowest BCUT2D eigenvalue weighted by Crippen LogP contribution is -2.47. The number of aromatic amines is 1. The molecular formula is C20H30N4O4S. The monoisotopic (exact) mass is 422 g/mol. The lowest BCUT2D eigenvalue weighted by atomic mass is 10.1. The number of nitrogens with zero attached hydrogens (tertiary/aromatic N) is 2. The van der Waals surface area contributed by atoms with Crippen LogP contribution >= 0.6 is 0 Å². The molecule has 0 spiro atoms. The highest BCUT2D eigenvalue weighted by atomic mass is 32.2. The Bertz CT molecular complexity index is 978. The summed E-state index contributed by atoms with van der Waals surface area (Å²) in [5.41, 5.74) is 2.42. The number of carbonyl (C=O) groups is 1. The van der Waals surface area contributed by atoms with Crippen molar-refractivity contribution >= 4 is 27.2 Å². The third-order valence-electron chi connectivity index (χ3n) is 4.76. The van der Waals surface area contributed by atoms with Gasteiger partial charge >= 0.3 is 6.09 Å². The summed E-state index contributed by atoms with van der Waals surface area (Å²) in [7, 11) is -1.76. The summed E-state index contributed by atoms with van der Waals surface area (Å²) in [4.78, 5) is 15.1. The Balaban J connectivity index is 1.62. The van der Waals surface area contributed by atoms with Gasteiger partial charge in [-0.1, -0.05) is 6.07 Å². The first kappa shape index (κ1) is 21.6. The standard InChI is InChI=1S/C20H30N4O4S/c1-20(2,3)28-19(25)21-9-8-17-13-16-12-15(6-7-18(16)22-17)14-24-11-5-10-23(4)29(24,26)27/h6-7,12-13,22H,5,8-11,14H2,1-4H3,(H,21,25). The zero-order valence-electron chi connectivity index (χ0n) is 17.5. The minimum absolute atomic E-state index is 0.364. The van der Waals surface area contributed by atoms with E-state index in [2.05, 4.69) is 10.3 Å². The highest BCUT2D eigenvalue weighted by molar-refractivity contribution is 7.86. The number of rotatable bonds is 5. The maximum absolute atomic E-state index is 12.4. The molecule has 1 aliphatic heterocycles. The van der Waals surface area contributed by atoms with Gasteiger partial charge in [-0.15, -0.1) is 0 Å². The van der Waals surface area contributed by atoms with Crippen molar-refractivity contribution < 1.29 is 17.9 Å². The quantitative estimate of drug-likeness (QED) is 0.774. The first-order valence-corrected chi connectivity index (χ1v) is 11.2. The van der Waals surface area contributed by atoms with E-state index in [-0.39, 0.29) is 0 Å². The fourth-order valence-corrected chi connectivity index (χ4v) is 4.78. The largest absolute Gasteiger partial charge is 0.444 e. The second-order valence-corrected chi connectivity index (χ2v) is 10.4. The SMILES string of the molecule is CN1CCCN(Cc2ccc3[nH]c(CCNC(=O)OC(C)(C)C)cc3c2)S1(=O)=O. The summed E-state index contributed by atoms with van der Waals surface area (Å²) < 4.78 is 33.0. The number of aromatic nitrogens is 1. The lowest BCUT2D eigenvalue weighted by molar-refractivity contribution is 0.0528. The number of ether oxygens (including phenoxy) is 1. The van der Waals surface area contributed by atoms with E-state index in [1.165, 1.54) is 8.61 Å². The Morgan fingerprint density at radius 3 is 2.72 bits per heavy atom. The molecule has 0 saturated carbocycles. The molecular weight excluding hydrogens is 392 g/mol. The maximum Gasteiger partial charge on any atom is 0.407 e. The van der Waals surface area contributed by atoms with Crippen LogP contribution in [0.15, 0.2) is 24.3 Å². The molecule has 9 heteroatoms. The molecule has 2 aromatic rings. The summed E-state index contributed by atoms with van der Waals surface area (Å²) in [5, 5.41) is 3.78. The van der Waals surface area contributed by atoms with E-state index >= 15 is 0 Å². The van der Waals surface area contributed by atoms with Crippen LogP contribution in [-0.2, 0) is 27.9 Å². The molecule has 0 aliphatic carbocycles. The molecule has 0 bridgehead atoms. The topological polar surface area (TPSA) is 94.7 Å². The van der Waals surface area contributed by atoms with Crippen LogP contribution in [0.4, 0.5) is 4.79 Å². The summed E-state index contributed by atoms with van der Waals surface area (Å²) in [5.74, 6) is 0. The average molecular weight is 423 g/mol. The third-order valence-corrected chi connectivity index (χ3v) is 6.70. The second-order valence-electron chi connectivity index (χ2n) is 8.41. The Kier molecular flexibility index (Phi) is 6.21.